The highest BCUT2D eigenvalue weighted by molar-refractivity contribution is 5.96. The molecule has 0 atom stereocenters. The Bertz CT molecular complexity index is 1480. The Morgan fingerprint density at radius 3 is 2.64 bits per heavy atom. The molecule has 1 aliphatic rings. The minimum Gasteiger partial charge on any atom is -0.496 e. The van der Waals surface area contributed by atoms with E-state index in [2.05, 4.69) is 11.1 Å². The number of nitrogens with zero attached hydrogens (tertiary/aromatic N) is 3. The molecule has 4 aromatic rings. The van der Waals surface area contributed by atoms with Gasteiger partial charge < -0.3 is 18.8 Å². The molecule has 0 unspecified atom stereocenters. The molecule has 1 saturated carbocycles. The average Bonchev–Trinajstić information content (AvgIpc) is 3.31. The second kappa shape index (κ2) is 9.74. The molecule has 0 radical (unpaired) electrons. The highest BCUT2D eigenvalue weighted by Crippen LogP contribution is 2.38. The van der Waals surface area contributed by atoms with Gasteiger partial charge in [-0.25, -0.2) is 0 Å². The molecule has 0 saturated heterocycles. The molecule has 1 amide bonds. The molecule has 7 heteroatoms. The number of rotatable bonds is 7. The van der Waals surface area contributed by atoms with Gasteiger partial charge in [0, 0.05) is 37.5 Å². The van der Waals surface area contributed by atoms with Gasteiger partial charge in [0.05, 0.1) is 24.8 Å². The van der Waals surface area contributed by atoms with Crippen LogP contribution in [0.2, 0.25) is 0 Å². The first-order chi connectivity index (χ1) is 17.5. The Hall–Kier alpha value is -4.31. The zero-order valence-electron chi connectivity index (χ0n) is 20.6. The smallest absolute Gasteiger partial charge is 0.253 e. The summed E-state index contributed by atoms with van der Waals surface area (Å²) in [4.78, 5) is 18.4. The van der Waals surface area contributed by atoms with Crippen LogP contribution in [-0.2, 0) is 0 Å². The fourth-order valence-electron chi connectivity index (χ4n) is 4.36. The predicted octanol–water partition coefficient (Wildman–Crippen LogP) is 5.92. The van der Waals surface area contributed by atoms with Gasteiger partial charge in [-0.05, 0) is 60.7 Å². The fraction of sp³-hybridized carbons (Fsp3) is 0.276. The monoisotopic (exact) mass is 481 g/mol. The van der Waals surface area contributed by atoms with Crippen LogP contribution < -0.4 is 9.47 Å². The van der Waals surface area contributed by atoms with Crippen LogP contribution in [0.5, 0.6) is 11.5 Å². The van der Waals surface area contributed by atoms with Crippen molar-refractivity contribution in [2.24, 2.45) is 5.92 Å². The van der Waals surface area contributed by atoms with Crippen LogP contribution in [-0.4, -0.2) is 43.6 Å². The summed E-state index contributed by atoms with van der Waals surface area (Å²) in [5.41, 5.74) is 4.69. The Balaban J connectivity index is 1.50. The average molecular weight is 482 g/mol. The molecule has 182 valence electrons. The quantitative estimate of drug-likeness (QED) is 0.325. The third-order valence-electron chi connectivity index (χ3n) is 6.64. The van der Waals surface area contributed by atoms with Gasteiger partial charge >= 0.3 is 0 Å². The second-order valence-electron chi connectivity index (χ2n) is 9.23. The Kier molecular flexibility index (Phi) is 6.34. The standard InChI is InChI=1S/C29H27N3O4/c1-32(2)29(33)20-7-9-23(26(14-20)34-3)27-15-24-28(36-27)22(11-12-31-24)19-8-10-25(21(13-19)16-30)35-17-18-5-4-6-18/h7-15,18H,4-6,17H2,1-3H3. The van der Waals surface area contributed by atoms with Gasteiger partial charge in [-0.1, -0.05) is 12.5 Å². The third-order valence-corrected chi connectivity index (χ3v) is 6.64. The highest BCUT2D eigenvalue weighted by atomic mass is 16.5. The van der Waals surface area contributed by atoms with E-state index in [1.165, 1.54) is 24.2 Å². The predicted molar refractivity (Wildman–Crippen MR) is 137 cm³/mol. The zero-order chi connectivity index (χ0) is 25.2. The van der Waals surface area contributed by atoms with Gasteiger partial charge in [0.1, 0.15) is 28.8 Å². The van der Waals surface area contributed by atoms with Crippen LogP contribution in [0.3, 0.4) is 0 Å². The number of hydrogen-bond acceptors (Lipinski definition) is 6. The maximum absolute atomic E-state index is 12.4. The van der Waals surface area contributed by atoms with Crippen molar-refractivity contribution in [3.63, 3.8) is 0 Å². The lowest BCUT2D eigenvalue weighted by atomic mass is 9.86. The van der Waals surface area contributed by atoms with E-state index in [1.807, 2.05) is 36.4 Å². The van der Waals surface area contributed by atoms with Crippen molar-refractivity contribution < 1.29 is 18.7 Å². The molecular formula is C29H27N3O4. The number of hydrogen-bond donors (Lipinski definition) is 0. The summed E-state index contributed by atoms with van der Waals surface area (Å²) in [5.74, 6) is 2.19. The van der Waals surface area contributed by atoms with E-state index >= 15 is 0 Å². The number of nitriles is 1. The number of fused-ring (bicyclic) bond motifs is 1. The Morgan fingerprint density at radius 2 is 1.94 bits per heavy atom. The largest absolute Gasteiger partial charge is 0.496 e. The number of aromatic nitrogens is 1. The number of ether oxygens (including phenoxy) is 2. The van der Waals surface area contributed by atoms with E-state index in [-0.39, 0.29) is 5.91 Å². The first-order valence-electron chi connectivity index (χ1n) is 11.9. The van der Waals surface area contributed by atoms with Crippen molar-refractivity contribution >= 4 is 17.0 Å². The summed E-state index contributed by atoms with van der Waals surface area (Å²) in [6.45, 7) is 0.649. The van der Waals surface area contributed by atoms with Crippen molar-refractivity contribution in [2.45, 2.75) is 19.3 Å². The minimum atomic E-state index is -0.109. The minimum absolute atomic E-state index is 0.109. The molecule has 2 aromatic heterocycles. The Labute approximate surface area is 209 Å². The summed E-state index contributed by atoms with van der Waals surface area (Å²) in [5, 5.41) is 9.74. The number of carbonyl (C=O) groups is 1. The SMILES string of the molecule is COc1cc(C(=O)N(C)C)ccc1-c1cc2nccc(-c3ccc(OCC4CCC4)c(C#N)c3)c2o1. The van der Waals surface area contributed by atoms with Crippen LogP contribution in [0, 0.1) is 17.2 Å². The summed E-state index contributed by atoms with van der Waals surface area (Å²) in [6, 6.07) is 16.9. The number of amides is 1. The second-order valence-corrected chi connectivity index (χ2v) is 9.23. The molecule has 0 N–H and O–H groups in total. The fourth-order valence-corrected chi connectivity index (χ4v) is 4.36. The maximum Gasteiger partial charge on any atom is 0.253 e. The van der Waals surface area contributed by atoms with Crippen molar-refractivity contribution in [2.75, 3.05) is 27.8 Å². The van der Waals surface area contributed by atoms with Crippen LogP contribution in [0.25, 0.3) is 33.6 Å². The molecule has 0 bridgehead atoms. The summed E-state index contributed by atoms with van der Waals surface area (Å²) < 4.78 is 17.8. The zero-order valence-corrected chi connectivity index (χ0v) is 20.6. The summed E-state index contributed by atoms with van der Waals surface area (Å²) >= 11 is 0. The molecule has 36 heavy (non-hydrogen) atoms. The van der Waals surface area contributed by atoms with E-state index in [0.717, 1.165) is 11.1 Å². The lowest BCUT2D eigenvalue weighted by Crippen LogP contribution is -2.21. The van der Waals surface area contributed by atoms with Crippen molar-refractivity contribution in [1.82, 2.24) is 9.88 Å². The lowest BCUT2D eigenvalue weighted by molar-refractivity contribution is 0.0827. The summed E-state index contributed by atoms with van der Waals surface area (Å²) in [7, 11) is 4.98. The Morgan fingerprint density at radius 1 is 1.11 bits per heavy atom. The van der Waals surface area contributed by atoms with E-state index in [1.54, 1.807) is 39.5 Å². The van der Waals surface area contributed by atoms with Gasteiger partial charge in [-0.2, -0.15) is 5.26 Å². The van der Waals surface area contributed by atoms with Crippen LogP contribution in [0.15, 0.2) is 59.1 Å². The van der Waals surface area contributed by atoms with Gasteiger partial charge in [-0.15, -0.1) is 0 Å². The van der Waals surface area contributed by atoms with Gasteiger partial charge in [0.2, 0.25) is 0 Å². The van der Waals surface area contributed by atoms with Gasteiger partial charge in [0.15, 0.2) is 5.58 Å². The molecular weight excluding hydrogens is 454 g/mol. The van der Waals surface area contributed by atoms with Gasteiger partial charge in [0.25, 0.3) is 5.91 Å². The molecule has 1 aliphatic carbocycles. The lowest BCUT2D eigenvalue weighted by Gasteiger charge is -2.25. The van der Waals surface area contributed by atoms with Crippen LogP contribution in [0.1, 0.15) is 35.2 Å². The topological polar surface area (TPSA) is 88.6 Å². The molecule has 0 aliphatic heterocycles. The number of benzene rings is 2. The van der Waals surface area contributed by atoms with E-state index in [9.17, 15) is 10.1 Å². The van der Waals surface area contributed by atoms with Crippen molar-refractivity contribution in [3.05, 3.63) is 65.9 Å². The molecule has 1 fully saturated rings. The van der Waals surface area contributed by atoms with Crippen LogP contribution >= 0.6 is 0 Å². The molecule has 7 nitrogen and oxygen atoms in total. The van der Waals surface area contributed by atoms with Gasteiger partial charge in [-0.3, -0.25) is 9.78 Å². The first kappa shape index (κ1) is 23.4. The number of methoxy groups -OCH3 is 1. The molecule has 2 aromatic carbocycles. The molecule has 0 spiro atoms. The number of carbonyl (C=O) groups excluding carboxylic acids is 1. The number of pyridine rings is 1. The van der Waals surface area contributed by atoms with E-state index in [0.29, 0.717) is 57.6 Å². The first-order valence-corrected chi connectivity index (χ1v) is 11.9. The molecule has 5 rings (SSSR count). The number of furan rings is 1. The normalized spacial score (nSPS) is 13.2. The van der Waals surface area contributed by atoms with Crippen molar-refractivity contribution in [3.8, 4) is 40.0 Å². The maximum atomic E-state index is 12.4. The van der Waals surface area contributed by atoms with Crippen LogP contribution in [0.4, 0.5) is 0 Å². The summed E-state index contributed by atoms with van der Waals surface area (Å²) in [6.07, 6.45) is 5.36. The third kappa shape index (κ3) is 4.38. The van der Waals surface area contributed by atoms with Crippen molar-refractivity contribution in [1.29, 1.82) is 5.26 Å². The molecule has 2 heterocycles. The van der Waals surface area contributed by atoms with E-state index < -0.39 is 0 Å². The highest BCUT2D eigenvalue weighted by Gasteiger charge is 2.20. The van der Waals surface area contributed by atoms with E-state index in [4.69, 9.17) is 13.9 Å².